The second kappa shape index (κ2) is 7.56. The van der Waals surface area contributed by atoms with E-state index >= 15 is 0 Å². The van der Waals surface area contributed by atoms with Gasteiger partial charge in [-0.1, -0.05) is 18.9 Å². The summed E-state index contributed by atoms with van der Waals surface area (Å²) in [5.41, 5.74) is -0.794. The lowest BCUT2D eigenvalue weighted by Crippen LogP contribution is -2.36. The first-order valence-corrected chi connectivity index (χ1v) is 8.28. The van der Waals surface area contributed by atoms with Gasteiger partial charge in [-0.05, 0) is 30.7 Å². The van der Waals surface area contributed by atoms with Crippen LogP contribution in [0.1, 0.15) is 48.2 Å². The summed E-state index contributed by atoms with van der Waals surface area (Å²) in [6.45, 7) is 1.04. The number of hydrogen-bond acceptors (Lipinski definition) is 4. The van der Waals surface area contributed by atoms with E-state index < -0.39 is 5.60 Å². The molecule has 0 radical (unpaired) electrons. The molecule has 1 aliphatic carbocycles. The maximum atomic E-state index is 11.7. The van der Waals surface area contributed by atoms with Crippen molar-refractivity contribution >= 4 is 23.2 Å². The van der Waals surface area contributed by atoms with Gasteiger partial charge in [-0.25, -0.2) is 0 Å². The van der Waals surface area contributed by atoms with Gasteiger partial charge in [0.25, 0.3) is 5.91 Å². The number of thiophene rings is 1. The highest BCUT2D eigenvalue weighted by Crippen LogP contribution is 2.32. The van der Waals surface area contributed by atoms with Gasteiger partial charge in [0.15, 0.2) is 0 Å². The first-order chi connectivity index (χ1) is 10.1. The van der Waals surface area contributed by atoms with E-state index in [9.17, 15) is 14.7 Å². The van der Waals surface area contributed by atoms with Crippen LogP contribution in [0.4, 0.5) is 0 Å². The molecule has 0 saturated heterocycles. The average molecular weight is 310 g/mol. The zero-order valence-electron chi connectivity index (χ0n) is 12.1. The molecule has 5 nitrogen and oxygen atoms in total. The smallest absolute Gasteiger partial charge is 0.261 e. The number of rotatable bonds is 7. The maximum Gasteiger partial charge on any atom is 0.261 e. The van der Waals surface area contributed by atoms with E-state index in [4.69, 9.17) is 0 Å². The fourth-order valence-electron chi connectivity index (χ4n) is 2.58. The third-order valence-corrected chi connectivity index (χ3v) is 4.60. The fraction of sp³-hybridized carbons (Fsp3) is 0.600. The van der Waals surface area contributed by atoms with E-state index in [1.165, 1.54) is 11.3 Å². The Morgan fingerprint density at radius 2 is 1.95 bits per heavy atom. The SMILES string of the molecule is O=C(CC1(O)CCCC1)NCCCNC(=O)c1cccs1. The van der Waals surface area contributed by atoms with Crippen molar-refractivity contribution in [2.75, 3.05) is 13.1 Å². The van der Waals surface area contributed by atoms with Gasteiger partial charge in [-0.15, -0.1) is 11.3 Å². The Labute approximate surface area is 128 Å². The van der Waals surface area contributed by atoms with Crippen molar-refractivity contribution < 1.29 is 14.7 Å². The van der Waals surface area contributed by atoms with Crippen LogP contribution in [0.5, 0.6) is 0 Å². The molecule has 0 spiro atoms. The van der Waals surface area contributed by atoms with Crippen LogP contribution in [0.2, 0.25) is 0 Å². The first-order valence-electron chi connectivity index (χ1n) is 7.40. The maximum absolute atomic E-state index is 11.7. The van der Waals surface area contributed by atoms with Crippen molar-refractivity contribution in [3.8, 4) is 0 Å². The summed E-state index contributed by atoms with van der Waals surface area (Å²) in [7, 11) is 0. The summed E-state index contributed by atoms with van der Waals surface area (Å²) in [5, 5.41) is 17.6. The van der Waals surface area contributed by atoms with Crippen LogP contribution < -0.4 is 10.6 Å². The van der Waals surface area contributed by atoms with Gasteiger partial charge in [0, 0.05) is 13.1 Å². The molecule has 0 bridgehead atoms. The summed E-state index contributed by atoms with van der Waals surface area (Å²) in [6.07, 6.45) is 4.31. The van der Waals surface area contributed by atoms with E-state index in [0.29, 0.717) is 24.4 Å². The molecule has 21 heavy (non-hydrogen) atoms. The molecule has 0 aliphatic heterocycles. The van der Waals surface area contributed by atoms with E-state index in [-0.39, 0.29) is 18.2 Å². The second-order valence-electron chi connectivity index (χ2n) is 5.54. The first kappa shape index (κ1) is 16.0. The Morgan fingerprint density at radius 3 is 2.62 bits per heavy atom. The highest BCUT2D eigenvalue weighted by Gasteiger charge is 2.33. The molecule has 1 heterocycles. The summed E-state index contributed by atoms with van der Waals surface area (Å²) in [5.74, 6) is -0.180. The molecular formula is C15H22N2O3S. The van der Waals surface area contributed by atoms with Crippen LogP contribution in [0.25, 0.3) is 0 Å². The second-order valence-corrected chi connectivity index (χ2v) is 6.49. The molecule has 1 aromatic rings. The summed E-state index contributed by atoms with van der Waals surface area (Å²) in [6, 6.07) is 3.62. The zero-order valence-corrected chi connectivity index (χ0v) is 12.9. The summed E-state index contributed by atoms with van der Waals surface area (Å²) < 4.78 is 0. The lowest BCUT2D eigenvalue weighted by atomic mass is 9.98. The van der Waals surface area contributed by atoms with Gasteiger partial charge in [0.1, 0.15) is 0 Å². The monoisotopic (exact) mass is 310 g/mol. The van der Waals surface area contributed by atoms with Crippen LogP contribution in [0, 0.1) is 0 Å². The van der Waals surface area contributed by atoms with Crippen molar-refractivity contribution in [3.05, 3.63) is 22.4 Å². The number of aliphatic hydroxyl groups is 1. The quantitative estimate of drug-likeness (QED) is 0.671. The van der Waals surface area contributed by atoms with Gasteiger partial charge < -0.3 is 15.7 Å². The molecule has 3 N–H and O–H groups in total. The predicted octanol–water partition coefficient (Wildman–Crippen LogP) is 1.68. The third-order valence-electron chi connectivity index (χ3n) is 3.73. The molecular weight excluding hydrogens is 288 g/mol. The standard InChI is InChI=1S/C15H22N2O3S/c18-13(11-15(20)6-1-2-7-15)16-8-4-9-17-14(19)12-5-3-10-21-12/h3,5,10,20H,1-2,4,6-9,11H2,(H,16,18)(H,17,19). The normalized spacial score (nSPS) is 16.6. The largest absolute Gasteiger partial charge is 0.389 e. The number of nitrogens with one attached hydrogen (secondary N) is 2. The van der Waals surface area contributed by atoms with Crippen molar-refractivity contribution in [2.24, 2.45) is 0 Å². The molecule has 1 saturated carbocycles. The van der Waals surface area contributed by atoms with Gasteiger partial charge in [-0.3, -0.25) is 9.59 Å². The van der Waals surface area contributed by atoms with Gasteiger partial charge in [0.05, 0.1) is 16.9 Å². The lowest BCUT2D eigenvalue weighted by molar-refractivity contribution is -0.125. The van der Waals surface area contributed by atoms with E-state index in [0.717, 1.165) is 25.7 Å². The van der Waals surface area contributed by atoms with Crippen LogP contribution in [0.15, 0.2) is 17.5 Å². The van der Waals surface area contributed by atoms with Crippen molar-refractivity contribution in [1.82, 2.24) is 10.6 Å². The number of hydrogen-bond donors (Lipinski definition) is 3. The summed E-state index contributed by atoms with van der Waals surface area (Å²) >= 11 is 1.41. The highest BCUT2D eigenvalue weighted by atomic mass is 32.1. The third kappa shape index (κ3) is 5.13. The Balaban J connectivity index is 1.55. The average Bonchev–Trinajstić information content (AvgIpc) is 3.09. The van der Waals surface area contributed by atoms with Gasteiger partial charge >= 0.3 is 0 Å². The lowest BCUT2D eigenvalue weighted by Gasteiger charge is -2.21. The van der Waals surface area contributed by atoms with Crippen LogP contribution in [-0.2, 0) is 4.79 Å². The highest BCUT2D eigenvalue weighted by molar-refractivity contribution is 7.12. The Kier molecular flexibility index (Phi) is 5.76. The molecule has 0 aromatic carbocycles. The Morgan fingerprint density at radius 1 is 1.24 bits per heavy atom. The number of carbonyl (C=O) groups excluding carboxylic acids is 2. The Hall–Kier alpha value is -1.40. The zero-order chi connectivity index (χ0) is 15.1. The molecule has 2 rings (SSSR count). The Bertz CT molecular complexity index is 467. The van der Waals surface area contributed by atoms with Gasteiger partial charge in [-0.2, -0.15) is 0 Å². The molecule has 1 aromatic heterocycles. The minimum Gasteiger partial charge on any atom is -0.389 e. The van der Waals surface area contributed by atoms with Crippen LogP contribution in [-0.4, -0.2) is 35.6 Å². The molecule has 0 atom stereocenters. The van der Waals surface area contributed by atoms with E-state index in [1.54, 1.807) is 6.07 Å². The molecule has 0 unspecified atom stereocenters. The number of amides is 2. The molecule has 116 valence electrons. The minimum absolute atomic E-state index is 0.0726. The predicted molar refractivity (Wildman–Crippen MR) is 82.3 cm³/mol. The van der Waals surface area contributed by atoms with Crippen molar-refractivity contribution in [3.63, 3.8) is 0 Å². The molecule has 2 amide bonds. The topological polar surface area (TPSA) is 78.4 Å². The van der Waals surface area contributed by atoms with Crippen LogP contribution >= 0.6 is 11.3 Å². The van der Waals surface area contributed by atoms with Crippen LogP contribution in [0.3, 0.4) is 0 Å². The fourth-order valence-corrected chi connectivity index (χ4v) is 3.22. The van der Waals surface area contributed by atoms with E-state index in [1.807, 2.05) is 11.4 Å². The minimum atomic E-state index is -0.794. The van der Waals surface area contributed by atoms with Crippen molar-refractivity contribution in [1.29, 1.82) is 0 Å². The van der Waals surface area contributed by atoms with Crippen molar-refractivity contribution in [2.45, 2.75) is 44.1 Å². The van der Waals surface area contributed by atoms with E-state index in [2.05, 4.69) is 10.6 Å². The van der Waals surface area contributed by atoms with Gasteiger partial charge in [0.2, 0.25) is 5.91 Å². The molecule has 1 aliphatic rings. The number of carbonyl (C=O) groups is 2. The summed E-state index contributed by atoms with van der Waals surface area (Å²) in [4.78, 5) is 24.1. The molecule has 6 heteroatoms. The molecule has 1 fully saturated rings.